The summed E-state index contributed by atoms with van der Waals surface area (Å²) in [5.41, 5.74) is 4.28. The highest BCUT2D eigenvalue weighted by molar-refractivity contribution is 6.13. The predicted octanol–water partition coefficient (Wildman–Crippen LogP) is 1.56. The van der Waals surface area contributed by atoms with E-state index in [0.29, 0.717) is 13.0 Å². The molecule has 142 valence electrons. The van der Waals surface area contributed by atoms with Gasteiger partial charge in [0.25, 0.3) is 5.91 Å². The second kappa shape index (κ2) is 7.43. The smallest absolute Gasteiger partial charge is 0.253 e. The SMILES string of the molecule is O=C1C(Cc2ccccc2)N=C2C(c3ccncc3)[NH+]=C(c3ccccc3)CN12. The molecule has 1 N–H and O–H groups in total. The molecule has 0 bridgehead atoms. The third-order valence-electron chi connectivity index (χ3n) is 5.44. The van der Waals surface area contributed by atoms with Crippen LogP contribution in [0.5, 0.6) is 0 Å². The number of pyridine rings is 1. The van der Waals surface area contributed by atoms with Crippen LogP contribution >= 0.6 is 0 Å². The van der Waals surface area contributed by atoms with Crippen molar-refractivity contribution >= 4 is 17.5 Å². The Balaban J connectivity index is 1.53. The van der Waals surface area contributed by atoms with Gasteiger partial charge in [0.2, 0.25) is 11.8 Å². The molecule has 0 saturated carbocycles. The number of aromatic nitrogens is 1. The molecule has 5 heteroatoms. The lowest BCUT2D eigenvalue weighted by Gasteiger charge is -2.25. The molecule has 29 heavy (non-hydrogen) atoms. The van der Waals surface area contributed by atoms with E-state index in [1.54, 1.807) is 12.4 Å². The molecule has 2 atom stereocenters. The maximum absolute atomic E-state index is 13.3. The van der Waals surface area contributed by atoms with Gasteiger partial charge in [-0.1, -0.05) is 48.5 Å². The second-order valence-electron chi connectivity index (χ2n) is 7.32. The van der Waals surface area contributed by atoms with Crippen LogP contribution in [0.4, 0.5) is 0 Å². The van der Waals surface area contributed by atoms with Gasteiger partial charge in [-0.2, -0.15) is 0 Å². The van der Waals surface area contributed by atoms with Crippen molar-refractivity contribution in [1.29, 1.82) is 0 Å². The first-order chi connectivity index (χ1) is 14.3. The Morgan fingerprint density at radius 2 is 1.62 bits per heavy atom. The first-order valence-corrected chi connectivity index (χ1v) is 9.80. The van der Waals surface area contributed by atoms with Gasteiger partial charge in [-0.05, 0) is 29.8 Å². The lowest BCUT2D eigenvalue weighted by molar-refractivity contribution is -0.493. The van der Waals surface area contributed by atoms with Gasteiger partial charge in [0.15, 0.2) is 5.84 Å². The van der Waals surface area contributed by atoms with E-state index in [0.717, 1.165) is 28.2 Å². The number of benzene rings is 2. The second-order valence-corrected chi connectivity index (χ2v) is 7.32. The summed E-state index contributed by atoms with van der Waals surface area (Å²) >= 11 is 0. The fraction of sp³-hybridized carbons (Fsp3) is 0.167. The number of hydrogen-bond donors (Lipinski definition) is 1. The highest BCUT2D eigenvalue weighted by Gasteiger charge is 2.45. The van der Waals surface area contributed by atoms with E-state index in [1.807, 2.05) is 65.6 Å². The zero-order chi connectivity index (χ0) is 19.6. The van der Waals surface area contributed by atoms with Crippen LogP contribution in [0.15, 0.2) is 90.2 Å². The zero-order valence-electron chi connectivity index (χ0n) is 15.9. The molecule has 0 radical (unpaired) electrons. The van der Waals surface area contributed by atoms with Gasteiger partial charge < -0.3 is 0 Å². The Morgan fingerprint density at radius 3 is 2.34 bits per heavy atom. The summed E-state index contributed by atoms with van der Waals surface area (Å²) in [4.78, 5) is 27.7. The zero-order valence-corrected chi connectivity index (χ0v) is 15.9. The van der Waals surface area contributed by atoms with Crippen molar-refractivity contribution < 1.29 is 9.79 Å². The Labute approximate surface area is 169 Å². The van der Waals surface area contributed by atoms with Gasteiger partial charge in [0.1, 0.15) is 12.6 Å². The fourth-order valence-corrected chi connectivity index (χ4v) is 3.98. The molecule has 3 heterocycles. The minimum atomic E-state index is -0.381. The van der Waals surface area contributed by atoms with Crippen molar-refractivity contribution in [1.82, 2.24) is 9.88 Å². The summed E-state index contributed by atoms with van der Waals surface area (Å²) in [6.07, 6.45) is 4.16. The maximum Gasteiger partial charge on any atom is 0.253 e. The molecule has 1 aromatic heterocycles. The number of amidine groups is 1. The third-order valence-corrected chi connectivity index (χ3v) is 5.44. The molecule has 0 saturated heterocycles. The molecule has 2 unspecified atom stereocenters. The normalized spacial score (nSPS) is 20.8. The molecular weight excluding hydrogens is 360 g/mol. The van der Waals surface area contributed by atoms with Gasteiger partial charge >= 0.3 is 0 Å². The number of carbonyl (C=O) groups excluding carboxylic acids is 1. The van der Waals surface area contributed by atoms with Crippen LogP contribution in [0, 0.1) is 0 Å². The standard InChI is InChI=1S/C24H20N4O/c29-24-20(15-17-7-3-1-4-8-17)27-23-22(19-11-13-25-14-12-19)26-21(16-28(23)24)18-9-5-2-6-10-18/h1-14,20,22H,15-16H2/p+1. The number of amides is 1. The highest BCUT2D eigenvalue weighted by atomic mass is 16.2. The lowest BCUT2D eigenvalue weighted by Crippen LogP contribution is -2.82. The maximum atomic E-state index is 13.3. The van der Waals surface area contributed by atoms with E-state index >= 15 is 0 Å². The largest absolute Gasteiger partial charge is 0.282 e. The van der Waals surface area contributed by atoms with Gasteiger partial charge in [-0.15, -0.1) is 0 Å². The molecule has 5 nitrogen and oxygen atoms in total. The molecule has 3 aromatic rings. The van der Waals surface area contributed by atoms with E-state index in [9.17, 15) is 4.79 Å². The third kappa shape index (κ3) is 3.36. The van der Waals surface area contributed by atoms with Crippen LogP contribution < -0.4 is 4.99 Å². The van der Waals surface area contributed by atoms with Crippen molar-refractivity contribution in [2.45, 2.75) is 18.5 Å². The van der Waals surface area contributed by atoms with Gasteiger partial charge in [0.05, 0.1) is 0 Å². The summed E-state index contributed by atoms with van der Waals surface area (Å²) < 4.78 is 0. The van der Waals surface area contributed by atoms with Gasteiger partial charge in [-0.25, -0.2) is 4.99 Å². The summed E-state index contributed by atoms with van der Waals surface area (Å²) in [7, 11) is 0. The van der Waals surface area contributed by atoms with E-state index in [1.165, 1.54) is 0 Å². The summed E-state index contributed by atoms with van der Waals surface area (Å²) in [6.45, 7) is 0.508. The molecule has 0 aliphatic carbocycles. The molecule has 1 amide bonds. The topological polar surface area (TPSA) is 59.5 Å². The molecule has 2 aliphatic rings. The minimum absolute atomic E-state index is 0.0674. The van der Waals surface area contributed by atoms with Gasteiger partial charge in [-0.3, -0.25) is 19.7 Å². The Kier molecular flexibility index (Phi) is 4.48. The monoisotopic (exact) mass is 381 g/mol. The number of fused-ring (bicyclic) bond motifs is 1. The number of aliphatic imine (C=N–C) groups is 1. The minimum Gasteiger partial charge on any atom is -0.282 e. The van der Waals surface area contributed by atoms with Crippen molar-refractivity contribution in [2.75, 3.05) is 6.54 Å². The van der Waals surface area contributed by atoms with Crippen LogP contribution in [-0.4, -0.2) is 39.9 Å². The average molecular weight is 381 g/mol. The average Bonchev–Trinajstić information content (AvgIpc) is 3.10. The van der Waals surface area contributed by atoms with Crippen LogP contribution in [0.2, 0.25) is 0 Å². The van der Waals surface area contributed by atoms with E-state index < -0.39 is 0 Å². The van der Waals surface area contributed by atoms with Crippen molar-refractivity contribution in [3.05, 3.63) is 102 Å². The van der Waals surface area contributed by atoms with E-state index in [2.05, 4.69) is 22.1 Å². The van der Waals surface area contributed by atoms with Gasteiger partial charge in [0, 0.05) is 29.9 Å². The molecular formula is C24H21N4O+. The highest BCUT2D eigenvalue weighted by Crippen LogP contribution is 2.24. The molecule has 0 fully saturated rings. The number of rotatable bonds is 4. The number of hydrogen-bond acceptors (Lipinski definition) is 3. The van der Waals surface area contributed by atoms with Crippen LogP contribution in [0.1, 0.15) is 22.7 Å². The van der Waals surface area contributed by atoms with E-state index in [4.69, 9.17) is 4.99 Å². The van der Waals surface area contributed by atoms with Crippen LogP contribution in [-0.2, 0) is 11.2 Å². The van der Waals surface area contributed by atoms with Crippen LogP contribution in [0.3, 0.4) is 0 Å². The Bertz CT molecular complexity index is 1080. The first kappa shape index (κ1) is 17.5. The van der Waals surface area contributed by atoms with E-state index in [-0.39, 0.29) is 18.0 Å². The molecule has 2 aliphatic heterocycles. The summed E-state index contributed by atoms with van der Waals surface area (Å²) in [6, 6.07) is 23.6. The lowest BCUT2D eigenvalue weighted by atomic mass is 10.0. The predicted molar refractivity (Wildman–Crippen MR) is 112 cm³/mol. The Hall–Kier alpha value is -3.60. The first-order valence-electron chi connectivity index (χ1n) is 9.80. The molecule has 5 rings (SSSR count). The number of nitrogens with one attached hydrogen (secondary N) is 1. The van der Waals surface area contributed by atoms with Crippen molar-refractivity contribution in [3.63, 3.8) is 0 Å². The molecule has 2 aromatic carbocycles. The fourth-order valence-electron chi connectivity index (χ4n) is 3.98. The summed E-state index contributed by atoms with van der Waals surface area (Å²) in [5.74, 6) is 0.861. The summed E-state index contributed by atoms with van der Waals surface area (Å²) in [5, 5.41) is 0. The number of carbonyl (C=O) groups is 1. The molecule has 0 spiro atoms. The quantitative estimate of drug-likeness (QED) is 0.746. The van der Waals surface area contributed by atoms with Crippen LogP contribution in [0.25, 0.3) is 0 Å². The van der Waals surface area contributed by atoms with Crippen molar-refractivity contribution in [2.24, 2.45) is 4.99 Å². The number of nitrogens with zero attached hydrogens (tertiary/aromatic N) is 3. The van der Waals surface area contributed by atoms with Crippen molar-refractivity contribution in [3.8, 4) is 0 Å². The Morgan fingerprint density at radius 1 is 0.931 bits per heavy atom.